The Morgan fingerprint density at radius 1 is 1.19 bits per heavy atom. The summed E-state index contributed by atoms with van der Waals surface area (Å²) in [5.74, 6) is 0.601. The lowest BCUT2D eigenvalue weighted by Crippen LogP contribution is -2.24. The summed E-state index contributed by atoms with van der Waals surface area (Å²) < 4.78 is 18.7. The van der Waals surface area contributed by atoms with Crippen molar-refractivity contribution >= 4 is 17.8 Å². The van der Waals surface area contributed by atoms with E-state index in [2.05, 4.69) is 10.3 Å². The number of nitrogens with zero attached hydrogens (tertiary/aromatic N) is 1. The van der Waals surface area contributed by atoms with Gasteiger partial charge in [0.1, 0.15) is 23.1 Å². The maximum atomic E-state index is 13.5. The first kappa shape index (κ1) is 13.3. The lowest BCUT2D eigenvalue weighted by Gasteiger charge is -2.02. The van der Waals surface area contributed by atoms with E-state index in [4.69, 9.17) is 4.42 Å². The third kappa shape index (κ3) is 3.08. The number of hydrogen-bond donors (Lipinski definition) is 1. The normalized spacial score (nSPS) is 16.1. The molecule has 0 bridgehead atoms. The number of rotatable bonds is 4. The number of halogens is 1. The molecule has 2 aromatic rings. The van der Waals surface area contributed by atoms with Crippen LogP contribution < -0.4 is 5.32 Å². The second-order valence-corrected chi connectivity index (χ2v) is 4.65. The average Bonchev–Trinajstić information content (AvgIpc) is 3.09. The predicted octanol–water partition coefficient (Wildman–Crippen LogP) is 2.92. The monoisotopic (exact) mass is 284 g/mol. The van der Waals surface area contributed by atoms with Gasteiger partial charge in [-0.15, -0.1) is 0 Å². The van der Waals surface area contributed by atoms with Crippen LogP contribution in [0.25, 0.3) is 6.08 Å². The molecule has 0 atom stereocenters. The quantitative estimate of drug-likeness (QED) is 0.878. The number of aryl methyl sites for hydroxylation is 1. The van der Waals surface area contributed by atoms with Gasteiger partial charge < -0.3 is 9.73 Å². The van der Waals surface area contributed by atoms with Crippen LogP contribution in [0, 0.1) is 5.82 Å². The molecule has 5 heteroatoms. The van der Waals surface area contributed by atoms with E-state index in [0.29, 0.717) is 35.7 Å². The van der Waals surface area contributed by atoms with E-state index in [1.54, 1.807) is 36.4 Å². The molecule has 2 heterocycles. The van der Waals surface area contributed by atoms with E-state index in [1.807, 2.05) is 0 Å². The van der Waals surface area contributed by atoms with Crippen LogP contribution in [-0.2, 0) is 11.2 Å². The molecule has 21 heavy (non-hydrogen) atoms. The Hall–Kier alpha value is -2.69. The molecule has 0 spiro atoms. The summed E-state index contributed by atoms with van der Waals surface area (Å²) in [6.45, 7) is 0. The highest BCUT2D eigenvalue weighted by molar-refractivity contribution is 6.14. The maximum Gasteiger partial charge on any atom is 0.275 e. The first-order valence-corrected chi connectivity index (χ1v) is 6.60. The topological polar surface area (TPSA) is 54.6 Å². The average molecular weight is 284 g/mol. The van der Waals surface area contributed by atoms with Gasteiger partial charge in [-0.05, 0) is 30.2 Å². The number of carbonyl (C=O) groups is 1. The minimum atomic E-state index is -0.269. The molecule has 1 aromatic carbocycles. The fourth-order valence-corrected chi connectivity index (χ4v) is 2.10. The Morgan fingerprint density at radius 3 is 2.81 bits per heavy atom. The largest absolute Gasteiger partial charge is 0.465 e. The standard InChI is InChI=1S/C16H13FN2O2/c17-13-6-2-1-4-11(13)7-8-15-18-14(16(20)19-15)10-12-5-3-9-21-12/h1-6,9-10H,7-8H2,(H,18,19,20)/b14-10+. The summed E-state index contributed by atoms with van der Waals surface area (Å²) in [4.78, 5) is 16.0. The zero-order chi connectivity index (χ0) is 14.7. The highest BCUT2D eigenvalue weighted by atomic mass is 19.1. The number of nitrogens with one attached hydrogen (secondary N) is 1. The van der Waals surface area contributed by atoms with Crippen LogP contribution >= 0.6 is 0 Å². The van der Waals surface area contributed by atoms with Crippen molar-refractivity contribution in [3.05, 3.63) is 65.5 Å². The first-order chi connectivity index (χ1) is 10.2. The Morgan fingerprint density at radius 2 is 2.05 bits per heavy atom. The van der Waals surface area contributed by atoms with Gasteiger partial charge in [-0.1, -0.05) is 18.2 Å². The molecule has 0 saturated carbocycles. The van der Waals surface area contributed by atoms with Gasteiger partial charge in [0.15, 0.2) is 0 Å². The molecule has 1 amide bonds. The molecule has 0 aliphatic carbocycles. The SMILES string of the molecule is O=C1NC(CCc2ccccc2F)=N/C1=C/c1ccco1. The van der Waals surface area contributed by atoms with Gasteiger partial charge in [-0.25, -0.2) is 9.38 Å². The van der Waals surface area contributed by atoms with Crippen LogP contribution in [0.3, 0.4) is 0 Å². The molecule has 4 nitrogen and oxygen atoms in total. The van der Waals surface area contributed by atoms with Crippen molar-refractivity contribution < 1.29 is 13.6 Å². The van der Waals surface area contributed by atoms with Gasteiger partial charge in [-0.2, -0.15) is 0 Å². The zero-order valence-corrected chi connectivity index (χ0v) is 11.2. The summed E-state index contributed by atoms with van der Waals surface area (Å²) in [6, 6.07) is 10.1. The number of amides is 1. The van der Waals surface area contributed by atoms with E-state index in [-0.39, 0.29) is 11.7 Å². The van der Waals surface area contributed by atoms with Crippen LogP contribution in [0.15, 0.2) is 57.8 Å². The van der Waals surface area contributed by atoms with E-state index >= 15 is 0 Å². The first-order valence-electron chi connectivity index (χ1n) is 6.60. The Balaban J connectivity index is 1.70. The highest BCUT2D eigenvalue weighted by Crippen LogP contribution is 2.15. The number of furan rings is 1. The van der Waals surface area contributed by atoms with Crippen molar-refractivity contribution in [3.63, 3.8) is 0 Å². The van der Waals surface area contributed by atoms with Crippen molar-refractivity contribution in [2.75, 3.05) is 0 Å². The fourth-order valence-electron chi connectivity index (χ4n) is 2.10. The second-order valence-electron chi connectivity index (χ2n) is 4.65. The summed E-state index contributed by atoms with van der Waals surface area (Å²) >= 11 is 0. The molecular formula is C16H13FN2O2. The van der Waals surface area contributed by atoms with E-state index in [0.717, 1.165) is 0 Å². The van der Waals surface area contributed by atoms with Crippen LogP contribution in [-0.4, -0.2) is 11.7 Å². The van der Waals surface area contributed by atoms with Crippen LogP contribution in [0.1, 0.15) is 17.7 Å². The summed E-state index contributed by atoms with van der Waals surface area (Å²) in [5, 5.41) is 2.68. The van der Waals surface area contributed by atoms with Gasteiger partial charge in [0.05, 0.1) is 6.26 Å². The number of amidine groups is 1. The molecule has 0 saturated heterocycles. The lowest BCUT2D eigenvalue weighted by molar-refractivity contribution is -0.115. The lowest BCUT2D eigenvalue weighted by atomic mass is 10.1. The molecule has 1 aliphatic heterocycles. The Kier molecular flexibility index (Phi) is 3.64. The van der Waals surface area contributed by atoms with Crippen molar-refractivity contribution in [1.82, 2.24) is 5.32 Å². The molecule has 1 aliphatic rings. The smallest absolute Gasteiger partial charge is 0.275 e. The molecule has 1 aromatic heterocycles. The number of hydrogen-bond acceptors (Lipinski definition) is 3. The van der Waals surface area contributed by atoms with Crippen molar-refractivity contribution in [2.45, 2.75) is 12.8 Å². The Bertz CT molecular complexity index is 718. The summed E-state index contributed by atoms with van der Waals surface area (Å²) in [7, 11) is 0. The number of benzene rings is 1. The van der Waals surface area contributed by atoms with Gasteiger partial charge in [0.2, 0.25) is 0 Å². The van der Waals surface area contributed by atoms with Crippen molar-refractivity contribution in [3.8, 4) is 0 Å². The molecule has 3 rings (SSSR count). The molecular weight excluding hydrogens is 271 g/mol. The second kappa shape index (κ2) is 5.75. The third-order valence-corrected chi connectivity index (χ3v) is 3.16. The number of aliphatic imine (C=N–C) groups is 1. The van der Waals surface area contributed by atoms with Crippen molar-refractivity contribution in [2.24, 2.45) is 4.99 Å². The molecule has 1 N–H and O–H groups in total. The third-order valence-electron chi connectivity index (χ3n) is 3.16. The van der Waals surface area contributed by atoms with Crippen LogP contribution in [0.2, 0.25) is 0 Å². The van der Waals surface area contributed by atoms with E-state index in [1.165, 1.54) is 12.3 Å². The predicted molar refractivity (Wildman–Crippen MR) is 77.0 cm³/mol. The van der Waals surface area contributed by atoms with Crippen LogP contribution in [0.5, 0.6) is 0 Å². The molecule has 106 valence electrons. The van der Waals surface area contributed by atoms with Crippen molar-refractivity contribution in [1.29, 1.82) is 0 Å². The van der Waals surface area contributed by atoms with E-state index in [9.17, 15) is 9.18 Å². The van der Waals surface area contributed by atoms with Gasteiger partial charge in [0.25, 0.3) is 5.91 Å². The minimum absolute atomic E-state index is 0.242. The van der Waals surface area contributed by atoms with Gasteiger partial charge >= 0.3 is 0 Å². The summed E-state index contributed by atoms with van der Waals surface area (Å²) in [6.07, 6.45) is 4.06. The maximum absolute atomic E-state index is 13.5. The van der Waals surface area contributed by atoms with Gasteiger partial charge in [0, 0.05) is 12.5 Å². The Labute approximate surface area is 121 Å². The zero-order valence-electron chi connectivity index (χ0n) is 11.2. The highest BCUT2D eigenvalue weighted by Gasteiger charge is 2.20. The molecule has 0 fully saturated rings. The van der Waals surface area contributed by atoms with Crippen LogP contribution in [0.4, 0.5) is 4.39 Å². The molecule has 0 unspecified atom stereocenters. The summed E-state index contributed by atoms with van der Waals surface area (Å²) in [5.41, 5.74) is 0.909. The number of carbonyl (C=O) groups excluding carboxylic acids is 1. The van der Waals surface area contributed by atoms with Gasteiger partial charge in [-0.3, -0.25) is 4.79 Å². The fraction of sp³-hybridized carbons (Fsp3) is 0.125. The molecule has 0 radical (unpaired) electrons. The minimum Gasteiger partial charge on any atom is -0.465 e. The van der Waals surface area contributed by atoms with E-state index < -0.39 is 0 Å².